The molecule has 0 bridgehead atoms. The molecule has 1 aromatic rings. The van der Waals surface area contributed by atoms with E-state index in [4.69, 9.17) is 10.2 Å². The summed E-state index contributed by atoms with van der Waals surface area (Å²) in [5, 5.41) is 20.7. The molecule has 7 heteroatoms. The number of thiazole rings is 1. The van der Waals surface area contributed by atoms with Gasteiger partial charge in [-0.3, -0.25) is 4.79 Å². The standard InChI is InChI=1S/C11H18N2O3S2/c1-9-12-10(7-18-9)6-17-8-11(16)13(2-4-14)3-5-15/h7,14-15H,2-6,8H2,1H3. The zero-order chi connectivity index (χ0) is 13.4. The van der Waals surface area contributed by atoms with Gasteiger partial charge in [0.1, 0.15) is 0 Å². The minimum Gasteiger partial charge on any atom is -0.395 e. The van der Waals surface area contributed by atoms with Crippen molar-refractivity contribution in [2.75, 3.05) is 32.1 Å². The number of carbonyl (C=O) groups excluding carboxylic acids is 1. The number of hydrogen-bond acceptors (Lipinski definition) is 6. The summed E-state index contributed by atoms with van der Waals surface area (Å²) in [6, 6.07) is 0. The number of aliphatic hydroxyl groups is 2. The topological polar surface area (TPSA) is 73.7 Å². The number of aromatic nitrogens is 1. The number of amides is 1. The van der Waals surface area contributed by atoms with Crippen molar-refractivity contribution < 1.29 is 15.0 Å². The Bertz CT molecular complexity index is 365. The number of aliphatic hydroxyl groups excluding tert-OH is 2. The number of carbonyl (C=O) groups is 1. The Balaban J connectivity index is 2.30. The minimum atomic E-state index is -0.0817. The van der Waals surface area contributed by atoms with Crippen LogP contribution >= 0.6 is 23.1 Å². The van der Waals surface area contributed by atoms with Gasteiger partial charge in [-0.1, -0.05) is 0 Å². The van der Waals surface area contributed by atoms with Crippen LogP contribution in [-0.2, 0) is 10.5 Å². The molecule has 1 amide bonds. The predicted octanol–water partition coefficient (Wildman–Crippen LogP) is 0.498. The van der Waals surface area contributed by atoms with E-state index >= 15 is 0 Å². The van der Waals surface area contributed by atoms with E-state index < -0.39 is 0 Å². The Labute approximate surface area is 115 Å². The number of aryl methyl sites for hydroxylation is 1. The molecule has 0 aliphatic rings. The van der Waals surface area contributed by atoms with Gasteiger partial charge in [0.15, 0.2) is 0 Å². The minimum absolute atomic E-state index is 0.0601. The third kappa shape index (κ3) is 5.34. The van der Waals surface area contributed by atoms with Crippen LogP contribution in [0.4, 0.5) is 0 Å². The predicted molar refractivity (Wildman–Crippen MR) is 73.8 cm³/mol. The number of rotatable bonds is 8. The molecule has 102 valence electrons. The van der Waals surface area contributed by atoms with Crippen molar-refractivity contribution in [2.24, 2.45) is 0 Å². The van der Waals surface area contributed by atoms with Crippen LogP contribution in [0.3, 0.4) is 0 Å². The quantitative estimate of drug-likeness (QED) is 0.729. The summed E-state index contributed by atoms with van der Waals surface area (Å²) >= 11 is 3.10. The van der Waals surface area contributed by atoms with Gasteiger partial charge in [-0.15, -0.1) is 23.1 Å². The lowest BCUT2D eigenvalue weighted by molar-refractivity contribution is -0.129. The van der Waals surface area contributed by atoms with Crippen LogP contribution in [-0.4, -0.2) is 58.1 Å². The molecule has 0 radical (unpaired) electrons. The van der Waals surface area contributed by atoms with Gasteiger partial charge in [0.2, 0.25) is 5.91 Å². The van der Waals surface area contributed by atoms with Crippen molar-refractivity contribution in [3.05, 3.63) is 16.1 Å². The zero-order valence-corrected chi connectivity index (χ0v) is 12.0. The van der Waals surface area contributed by atoms with Gasteiger partial charge < -0.3 is 15.1 Å². The Kier molecular flexibility index (Phi) is 7.26. The fraction of sp³-hybridized carbons (Fsp3) is 0.636. The molecule has 0 unspecified atom stereocenters. The van der Waals surface area contributed by atoms with Gasteiger partial charge in [0, 0.05) is 24.2 Å². The summed E-state index contributed by atoms with van der Waals surface area (Å²) in [7, 11) is 0. The van der Waals surface area contributed by atoms with Crippen LogP contribution in [0.25, 0.3) is 0 Å². The molecule has 0 saturated heterocycles. The lowest BCUT2D eigenvalue weighted by Crippen LogP contribution is -2.37. The number of thioether (sulfide) groups is 1. The van der Waals surface area contributed by atoms with E-state index in [1.165, 1.54) is 16.7 Å². The molecule has 0 fully saturated rings. The molecule has 0 saturated carbocycles. The smallest absolute Gasteiger partial charge is 0.232 e. The van der Waals surface area contributed by atoms with Gasteiger partial charge in [-0.2, -0.15) is 0 Å². The second-order valence-corrected chi connectivity index (χ2v) is 5.73. The van der Waals surface area contributed by atoms with Gasteiger partial charge in [-0.25, -0.2) is 4.98 Å². The second-order valence-electron chi connectivity index (χ2n) is 3.68. The molecule has 1 rings (SSSR count). The molecule has 0 spiro atoms. The molecule has 0 atom stereocenters. The van der Waals surface area contributed by atoms with Crippen molar-refractivity contribution >= 4 is 29.0 Å². The van der Waals surface area contributed by atoms with Crippen LogP contribution < -0.4 is 0 Å². The average Bonchev–Trinajstić information content (AvgIpc) is 2.75. The van der Waals surface area contributed by atoms with Crippen LogP contribution in [0.5, 0.6) is 0 Å². The highest BCUT2D eigenvalue weighted by Gasteiger charge is 2.12. The van der Waals surface area contributed by atoms with Crippen molar-refractivity contribution in [3.63, 3.8) is 0 Å². The van der Waals surface area contributed by atoms with E-state index in [0.717, 1.165) is 10.7 Å². The van der Waals surface area contributed by atoms with Crippen LogP contribution in [0.2, 0.25) is 0 Å². The Hall–Kier alpha value is -0.630. The van der Waals surface area contributed by atoms with Crippen molar-refractivity contribution in [1.82, 2.24) is 9.88 Å². The maximum Gasteiger partial charge on any atom is 0.232 e. The number of hydrogen-bond donors (Lipinski definition) is 2. The SMILES string of the molecule is Cc1nc(CSCC(=O)N(CCO)CCO)cs1. The molecule has 0 aliphatic heterocycles. The fourth-order valence-electron chi connectivity index (χ4n) is 1.41. The third-order valence-electron chi connectivity index (χ3n) is 2.23. The van der Waals surface area contributed by atoms with Gasteiger partial charge in [0.05, 0.1) is 29.7 Å². The second kappa shape index (κ2) is 8.47. The summed E-state index contributed by atoms with van der Waals surface area (Å²) in [6.45, 7) is 2.34. The van der Waals surface area contributed by atoms with Crippen LogP contribution in [0.15, 0.2) is 5.38 Å². The third-order valence-corrected chi connectivity index (χ3v) is 4.01. The average molecular weight is 290 g/mol. The lowest BCUT2D eigenvalue weighted by atomic mass is 10.4. The molecular weight excluding hydrogens is 272 g/mol. The maximum absolute atomic E-state index is 11.8. The molecule has 2 N–H and O–H groups in total. The molecule has 0 aliphatic carbocycles. The largest absolute Gasteiger partial charge is 0.395 e. The Morgan fingerprint density at radius 2 is 2.11 bits per heavy atom. The fourth-order valence-corrected chi connectivity index (χ4v) is 2.95. The molecule has 1 aromatic heterocycles. The molecular formula is C11H18N2O3S2. The van der Waals surface area contributed by atoms with Crippen LogP contribution in [0, 0.1) is 6.92 Å². The summed E-state index contributed by atoms with van der Waals surface area (Å²) in [6.07, 6.45) is 0. The molecule has 0 aromatic carbocycles. The summed E-state index contributed by atoms with van der Waals surface area (Å²) in [4.78, 5) is 17.6. The van der Waals surface area contributed by atoms with Crippen molar-refractivity contribution in [3.8, 4) is 0 Å². The highest BCUT2D eigenvalue weighted by Crippen LogP contribution is 2.15. The van der Waals surface area contributed by atoms with Gasteiger partial charge in [-0.05, 0) is 6.92 Å². The Morgan fingerprint density at radius 1 is 1.44 bits per heavy atom. The first-order valence-corrected chi connectivity index (χ1v) is 7.69. The van der Waals surface area contributed by atoms with E-state index in [-0.39, 0.29) is 32.2 Å². The monoisotopic (exact) mass is 290 g/mol. The maximum atomic E-state index is 11.8. The van der Waals surface area contributed by atoms with E-state index in [9.17, 15) is 4.79 Å². The van der Waals surface area contributed by atoms with Gasteiger partial charge >= 0.3 is 0 Å². The summed E-state index contributed by atoms with van der Waals surface area (Å²) in [5.74, 6) is 0.994. The molecule has 18 heavy (non-hydrogen) atoms. The highest BCUT2D eigenvalue weighted by atomic mass is 32.2. The lowest BCUT2D eigenvalue weighted by Gasteiger charge is -2.20. The first kappa shape index (κ1) is 15.4. The number of nitrogens with zero attached hydrogens (tertiary/aromatic N) is 2. The first-order valence-electron chi connectivity index (χ1n) is 5.65. The van der Waals surface area contributed by atoms with Crippen molar-refractivity contribution in [2.45, 2.75) is 12.7 Å². The van der Waals surface area contributed by atoms with Crippen LogP contribution in [0.1, 0.15) is 10.7 Å². The normalized spacial score (nSPS) is 10.6. The summed E-state index contributed by atoms with van der Waals surface area (Å²) < 4.78 is 0. The van der Waals surface area contributed by atoms with E-state index in [1.807, 2.05) is 12.3 Å². The zero-order valence-electron chi connectivity index (χ0n) is 10.3. The van der Waals surface area contributed by atoms with E-state index in [2.05, 4.69) is 4.98 Å². The summed E-state index contributed by atoms with van der Waals surface area (Å²) in [5.41, 5.74) is 0.992. The van der Waals surface area contributed by atoms with E-state index in [0.29, 0.717) is 11.5 Å². The first-order chi connectivity index (χ1) is 8.67. The van der Waals surface area contributed by atoms with Crippen molar-refractivity contribution in [1.29, 1.82) is 0 Å². The Morgan fingerprint density at radius 3 is 2.61 bits per heavy atom. The van der Waals surface area contributed by atoms with E-state index in [1.54, 1.807) is 11.3 Å². The van der Waals surface area contributed by atoms with Gasteiger partial charge in [0.25, 0.3) is 0 Å². The highest BCUT2D eigenvalue weighted by molar-refractivity contribution is 7.99. The molecule has 1 heterocycles. The molecule has 5 nitrogen and oxygen atoms in total.